The smallest absolute Gasteiger partial charge is 0.245 e. The first-order valence-corrected chi connectivity index (χ1v) is 11.0. The minimum Gasteiger partial charge on any atom is -0.337 e. The third kappa shape index (κ3) is 3.22. The van der Waals surface area contributed by atoms with Gasteiger partial charge in [-0.3, -0.25) is 0 Å². The average Bonchev–Trinajstić information content (AvgIpc) is 3.44. The highest BCUT2D eigenvalue weighted by molar-refractivity contribution is 7.89. The molecule has 1 saturated heterocycles. The Balaban J connectivity index is 1.49. The highest BCUT2D eigenvalue weighted by Crippen LogP contribution is 2.37. The summed E-state index contributed by atoms with van der Waals surface area (Å²) in [5, 5.41) is 5.96. The van der Waals surface area contributed by atoms with Gasteiger partial charge in [0.25, 0.3) is 0 Å². The quantitative estimate of drug-likeness (QED) is 0.502. The molecule has 0 spiro atoms. The zero-order chi connectivity index (χ0) is 19.8. The molecule has 2 heterocycles. The maximum absolute atomic E-state index is 13.4. The van der Waals surface area contributed by atoms with E-state index in [1.807, 2.05) is 60.7 Å². The van der Waals surface area contributed by atoms with E-state index in [1.165, 1.54) is 4.31 Å². The number of nitrogens with zero attached hydrogens (tertiary/aromatic N) is 3. The highest BCUT2D eigenvalue weighted by atomic mass is 32.2. The summed E-state index contributed by atoms with van der Waals surface area (Å²) in [6.45, 7) is 0.433. The Hall–Kier alpha value is -3.03. The minimum absolute atomic E-state index is 0.283. The van der Waals surface area contributed by atoms with Gasteiger partial charge in [-0.15, -0.1) is 0 Å². The molecule has 7 heteroatoms. The molecule has 1 aromatic heterocycles. The first kappa shape index (κ1) is 18.0. The third-order valence-electron chi connectivity index (χ3n) is 5.29. The lowest BCUT2D eigenvalue weighted by atomic mass is 10.1. The Kier molecular flexibility index (Phi) is 4.41. The predicted octanol–water partition coefficient (Wildman–Crippen LogP) is 4.42. The molecule has 0 N–H and O–H groups in total. The first-order valence-electron chi connectivity index (χ1n) is 9.52. The van der Waals surface area contributed by atoms with Crippen molar-refractivity contribution < 1.29 is 12.9 Å². The fraction of sp³-hybridized carbons (Fsp3) is 0.182. The van der Waals surface area contributed by atoms with Gasteiger partial charge in [0.05, 0.1) is 4.90 Å². The molecule has 4 aromatic rings. The normalized spacial score (nSPS) is 17.7. The molecular formula is C22H19N3O3S. The van der Waals surface area contributed by atoms with Crippen molar-refractivity contribution in [2.24, 2.45) is 0 Å². The Morgan fingerprint density at radius 3 is 2.52 bits per heavy atom. The maximum Gasteiger partial charge on any atom is 0.245 e. The Morgan fingerprint density at radius 1 is 0.931 bits per heavy atom. The van der Waals surface area contributed by atoms with Crippen molar-refractivity contribution in [1.29, 1.82) is 0 Å². The van der Waals surface area contributed by atoms with E-state index in [2.05, 4.69) is 10.1 Å². The van der Waals surface area contributed by atoms with Crippen molar-refractivity contribution in [3.63, 3.8) is 0 Å². The second-order valence-corrected chi connectivity index (χ2v) is 9.00. The van der Waals surface area contributed by atoms with Crippen LogP contribution in [0.1, 0.15) is 24.8 Å². The Morgan fingerprint density at radius 2 is 1.69 bits per heavy atom. The molecule has 5 rings (SSSR count). The summed E-state index contributed by atoms with van der Waals surface area (Å²) in [6.07, 6.45) is 1.41. The lowest BCUT2D eigenvalue weighted by Gasteiger charge is -2.21. The van der Waals surface area contributed by atoms with E-state index < -0.39 is 16.1 Å². The Bertz CT molecular complexity index is 1270. The highest BCUT2D eigenvalue weighted by Gasteiger charge is 2.39. The second kappa shape index (κ2) is 7.09. The number of hydrogen-bond acceptors (Lipinski definition) is 5. The van der Waals surface area contributed by atoms with Gasteiger partial charge in [0.1, 0.15) is 6.04 Å². The van der Waals surface area contributed by atoms with Crippen LogP contribution in [0.2, 0.25) is 0 Å². The van der Waals surface area contributed by atoms with Crippen LogP contribution in [-0.4, -0.2) is 29.4 Å². The van der Waals surface area contributed by atoms with Gasteiger partial charge in [-0.25, -0.2) is 8.42 Å². The number of sulfonamides is 1. The topological polar surface area (TPSA) is 76.3 Å². The number of fused-ring (bicyclic) bond motifs is 1. The van der Waals surface area contributed by atoms with Gasteiger partial charge >= 0.3 is 0 Å². The van der Waals surface area contributed by atoms with Crippen LogP contribution < -0.4 is 0 Å². The van der Waals surface area contributed by atoms with E-state index in [9.17, 15) is 8.42 Å². The number of aromatic nitrogens is 2. The van der Waals surface area contributed by atoms with Crippen LogP contribution in [0.5, 0.6) is 0 Å². The summed E-state index contributed by atoms with van der Waals surface area (Å²) in [7, 11) is -3.68. The molecule has 6 nitrogen and oxygen atoms in total. The molecule has 1 aliphatic heterocycles. The monoisotopic (exact) mass is 405 g/mol. The van der Waals surface area contributed by atoms with Crippen molar-refractivity contribution in [3.8, 4) is 11.4 Å². The van der Waals surface area contributed by atoms with Gasteiger partial charge < -0.3 is 4.52 Å². The lowest BCUT2D eigenvalue weighted by Crippen LogP contribution is -2.30. The van der Waals surface area contributed by atoms with Crippen LogP contribution in [0.3, 0.4) is 0 Å². The molecular weight excluding hydrogens is 386 g/mol. The molecule has 0 radical (unpaired) electrons. The van der Waals surface area contributed by atoms with Crippen molar-refractivity contribution in [1.82, 2.24) is 14.4 Å². The lowest BCUT2D eigenvalue weighted by molar-refractivity contribution is 0.290. The van der Waals surface area contributed by atoms with Crippen LogP contribution >= 0.6 is 0 Å². The van der Waals surface area contributed by atoms with Crippen LogP contribution in [-0.2, 0) is 10.0 Å². The molecule has 0 aliphatic carbocycles. The molecule has 1 fully saturated rings. The van der Waals surface area contributed by atoms with Gasteiger partial charge in [0.15, 0.2) is 0 Å². The summed E-state index contributed by atoms with van der Waals surface area (Å²) in [5.41, 5.74) is 0.837. The standard InChI is InChI=1S/C22H19N3O3S/c26-29(27,19-13-12-16-7-4-5-10-18(16)15-19)25-14-6-11-20(25)22-23-21(24-28-22)17-8-2-1-3-9-17/h1-5,7-10,12-13,15,20H,6,11,14H2/t20-/m0/s1. The molecule has 1 atom stereocenters. The van der Waals surface area contributed by atoms with Crippen molar-refractivity contribution in [3.05, 3.63) is 78.7 Å². The molecule has 0 amide bonds. The molecule has 3 aromatic carbocycles. The zero-order valence-corrected chi connectivity index (χ0v) is 16.4. The molecule has 146 valence electrons. The van der Waals surface area contributed by atoms with Crippen LogP contribution in [0.25, 0.3) is 22.2 Å². The number of benzene rings is 3. The summed E-state index contributed by atoms with van der Waals surface area (Å²) in [4.78, 5) is 4.77. The number of hydrogen-bond donors (Lipinski definition) is 0. The summed E-state index contributed by atoms with van der Waals surface area (Å²) >= 11 is 0. The summed E-state index contributed by atoms with van der Waals surface area (Å²) in [6, 6.07) is 22.0. The van der Waals surface area contributed by atoms with Crippen LogP contribution in [0.4, 0.5) is 0 Å². The largest absolute Gasteiger partial charge is 0.337 e. The van der Waals surface area contributed by atoms with Crippen LogP contribution in [0, 0.1) is 0 Å². The van der Waals surface area contributed by atoms with Gasteiger partial charge in [-0.2, -0.15) is 9.29 Å². The average molecular weight is 405 g/mol. The van der Waals surface area contributed by atoms with E-state index in [-0.39, 0.29) is 4.90 Å². The van der Waals surface area contributed by atoms with Crippen molar-refractivity contribution >= 4 is 20.8 Å². The number of rotatable bonds is 4. The molecule has 1 aliphatic rings. The molecule has 0 unspecified atom stereocenters. The third-order valence-corrected chi connectivity index (χ3v) is 7.19. The van der Waals surface area contributed by atoms with E-state index in [0.29, 0.717) is 24.7 Å². The minimum atomic E-state index is -3.68. The van der Waals surface area contributed by atoms with Gasteiger partial charge in [-0.1, -0.05) is 65.8 Å². The van der Waals surface area contributed by atoms with Gasteiger partial charge in [0.2, 0.25) is 21.7 Å². The molecule has 0 saturated carbocycles. The summed E-state index contributed by atoms with van der Waals surface area (Å²) < 4.78 is 33.7. The molecule has 0 bridgehead atoms. The van der Waals surface area contributed by atoms with E-state index in [4.69, 9.17) is 4.52 Å². The predicted molar refractivity (Wildman–Crippen MR) is 110 cm³/mol. The van der Waals surface area contributed by atoms with E-state index in [1.54, 1.807) is 12.1 Å². The van der Waals surface area contributed by atoms with Gasteiger partial charge in [0, 0.05) is 12.1 Å². The fourth-order valence-electron chi connectivity index (χ4n) is 3.81. The van der Waals surface area contributed by atoms with Crippen molar-refractivity contribution in [2.45, 2.75) is 23.8 Å². The van der Waals surface area contributed by atoms with E-state index >= 15 is 0 Å². The maximum atomic E-state index is 13.4. The first-order chi connectivity index (χ1) is 14.1. The van der Waals surface area contributed by atoms with Crippen LogP contribution in [0.15, 0.2) is 82.2 Å². The summed E-state index contributed by atoms with van der Waals surface area (Å²) in [5.74, 6) is 0.807. The second-order valence-electron chi connectivity index (χ2n) is 7.10. The fourth-order valence-corrected chi connectivity index (χ4v) is 5.50. The molecule has 29 heavy (non-hydrogen) atoms. The zero-order valence-electron chi connectivity index (χ0n) is 15.6. The van der Waals surface area contributed by atoms with Gasteiger partial charge in [-0.05, 0) is 35.7 Å². The Labute approximate surface area is 168 Å². The SMILES string of the molecule is O=S(=O)(c1ccc2ccccc2c1)N1CCC[C@H]1c1nc(-c2ccccc2)no1. The van der Waals surface area contributed by atoms with E-state index in [0.717, 1.165) is 22.8 Å². The van der Waals surface area contributed by atoms with Crippen molar-refractivity contribution in [2.75, 3.05) is 6.54 Å².